The first-order valence-corrected chi connectivity index (χ1v) is 7.75. The van der Waals surface area contributed by atoms with Crippen molar-refractivity contribution in [3.05, 3.63) is 46.5 Å². The van der Waals surface area contributed by atoms with Gasteiger partial charge in [0.15, 0.2) is 0 Å². The Labute approximate surface area is 143 Å². The number of nitrogens with zero attached hydrogens (tertiary/aromatic N) is 5. The molecule has 1 aliphatic rings. The lowest BCUT2D eigenvalue weighted by atomic mass is 10.3. The van der Waals surface area contributed by atoms with Crippen molar-refractivity contribution in [3.8, 4) is 0 Å². The zero-order valence-corrected chi connectivity index (χ0v) is 13.6. The second-order valence-electron chi connectivity index (χ2n) is 5.68. The molecule has 3 rings (SSSR count). The highest BCUT2D eigenvalue weighted by atomic mass is 19.1. The lowest BCUT2D eigenvalue weighted by Gasteiger charge is -2.32. The number of piperazine rings is 1. The molecule has 0 bridgehead atoms. The Kier molecular flexibility index (Phi) is 5.00. The highest BCUT2D eigenvalue weighted by molar-refractivity contribution is 5.73. The van der Waals surface area contributed by atoms with Gasteiger partial charge in [-0.25, -0.2) is 19.4 Å². The van der Waals surface area contributed by atoms with Gasteiger partial charge >= 0.3 is 5.69 Å². The SMILES string of the molecule is CN1CCN(Nc2ncnc(Nc3ccccc3F)c2[N+](=O)[O-])CC1. The van der Waals surface area contributed by atoms with E-state index in [1.807, 2.05) is 12.1 Å². The number of hydrogen-bond donors (Lipinski definition) is 2. The normalized spacial score (nSPS) is 15.8. The fourth-order valence-corrected chi connectivity index (χ4v) is 2.48. The average Bonchev–Trinajstić information content (AvgIpc) is 2.59. The van der Waals surface area contributed by atoms with E-state index < -0.39 is 10.7 Å². The number of halogens is 1. The van der Waals surface area contributed by atoms with E-state index in [4.69, 9.17) is 0 Å². The predicted octanol–water partition coefficient (Wildman–Crippen LogP) is 1.84. The van der Waals surface area contributed by atoms with Crippen LogP contribution in [0.15, 0.2) is 30.6 Å². The molecule has 2 aromatic rings. The monoisotopic (exact) mass is 347 g/mol. The third kappa shape index (κ3) is 3.98. The van der Waals surface area contributed by atoms with E-state index >= 15 is 0 Å². The highest BCUT2D eigenvalue weighted by Crippen LogP contribution is 2.32. The molecule has 0 unspecified atom stereocenters. The molecule has 0 spiro atoms. The molecule has 0 radical (unpaired) electrons. The summed E-state index contributed by atoms with van der Waals surface area (Å²) in [5.74, 6) is -0.519. The number of para-hydroxylation sites is 1. The minimum atomic E-state index is -0.582. The highest BCUT2D eigenvalue weighted by Gasteiger charge is 2.26. The van der Waals surface area contributed by atoms with Gasteiger partial charge in [0.05, 0.1) is 10.6 Å². The lowest BCUT2D eigenvalue weighted by Crippen LogP contribution is -2.47. The topological polar surface area (TPSA) is 99.5 Å². The van der Waals surface area contributed by atoms with Gasteiger partial charge in [0.2, 0.25) is 11.6 Å². The van der Waals surface area contributed by atoms with Crippen molar-refractivity contribution in [1.29, 1.82) is 0 Å². The van der Waals surface area contributed by atoms with Gasteiger partial charge in [-0.3, -0.25) is 15.5 Å². The third-order valence-electron chi connectivity index (χ3n) is 3.90. The van der Waals surface area contributed by atoms with Crippen molar-refractivity contribution in [2.45, 2.75) is 0 Å². The van der Waals surface area contributed by atoms with E-state index in [0.717, 1.165) is 13.1 Å². The fraction of sp³-hybridized carbons (Fsp3) is 0.333. The predicted molar refractivity (Wildman–Crippen MR) is 91.1 cm³/mol. The molecular formula is C15H18FN7O2. The van der Waals surface area contributed by atoms with E-state index in [9.17, 15) is 14.5 Å². The molecule has 2 heterocycles. The zero-order valence-electron chi connectivity index (χ0n) is 13.6. The average molecular weight is 347 g/mol. The molecule has 1 aromatic heterocycles. The molecule has 25 heavy (non-hydrogen) atoms. The first-order valence-electron chi connectivity index (χ1n) is 7.75. The number of nitro groups is 1. The maximum atomic E-state index is 13.8. The van der Waals surface area contributed by atoms with Gasteiger partial charge in [0.1, 0.15) is 12.1 Å². The molecule has 1 fully saturated rings. The Morgan fingerprint density at radius 1 is 1.16 bits per heavy atom. The summed E-state index contributed by atoms with van der Waals surface area (Å²) in [5, 5.41) is 16.1. The number of hydrazine groups is 1. The van der Waals surface area contributed by atoms with Crippen molar-refractivity contribution < 1.29 is 9.31 Å². The van der Waals surface area contributed by atoms with Crippen molar-refractivity contribution in [3.63, 3.8) is 0 Å². The molecule has 0 atom stereocenters. The van der Waals surface area contributed by atoms with Crippen molar-refractivity contribution in [2.75, 3.05) is 44.0 Å². The van der Waals surface area contributed by atoms with Crippen LogP contribution in [0.5, 0.6) is 0 Å². The Bertz CT molecular complexity index is 765. The first kappa shape index (κ1) is 17.0. The van der Waals surface area contributed by atoms with Crippen molar-refractivity contribution in [2.24, 2.45) is 0 Å². The summed E-state index contributed by atoms with van der Waals surface area (Å²) in [5.41, 5.74) is 2.75. The molecule has 132 valence electrons. The smallest absolute Gasteiger partial charge is 0.332 e. The van der Waals surface area contributed by atoms with E-state index in [2.05, 4.69) is 25.6 Å². The molecule has 9 nitrogen and oxygen atoms in total. The summed E-state index contributed by atoms with van der Waals surface area (Å²) in [4.78, 5) is 21.0. The number of hydrogen-bond acceptors (Lipinski definition) is 8. The number of likely N-dealkylation sites (N-methyl/N-ethyl adjacent to an activating group) is 1. The van der Waals surface area contributed by atoms with Crippen LogP contribution in [0.3, 0.4) is 0 Å². The van der Waals surface area contributed by atoms with Crippen LogP contribution < -0.4 is 10.7 Å². The summed E-state index contributed by atoms with van der Waals surface area (Å²) in [6.07, 6.45) is 1.20. The Morgan fingerprint density at radius 3 is 2.52 bits per heavy atom. The van der Waals surface area contributed by atoms with Crippen LogP contribution in [0.4, 0.5) is 27.4 Å². The molecular weight excluding hydrogens is 329 g/mol. The third-order valence-corrected chi connectivity index (χ3v) is 3.90. The van der Waals surface area contributed by atoms with Gasteiger partial charge in [-0.2, -0.15) is 0 Å². The lowest BCUT2D eigenvalue weighted by molar-refractivity contribution is -0.383. The standard InChI is InChI=1S/C15H18FN7O2/c1-21-6-8-22(9-7-21)20-15-13(23(24)25)14(17-10-18-15)19-12-5-3-2-4-11(12)16/h2-5,10H,6-9H2,1H3,(H2,17,18,19,20). The van der Waals surface area contributed by atoms with Gasteiger partial charge in [-0.05, 0) is 19.2 Å². The molecule has 1 aliphatic heterocycles. The summed E-state index contributed by atoms with van der Waals surface area (Å²) in [6, 6.07) is 5.91. The van der Waals surface area contributed by atoms with E-state index in [1.165, 1.54) is 24.5 Å². The van der Waals surface area contributed by atoms with E-state index in [0.29, 0.717) is 13.1 Å². The number of benzene rings is 1. The van der Waals surface area contributed by atoms with Gasteiger partial charge < -0.3 is 10.2 Å². The van der Waals surface area contributed by atoms with Crippen molar-refractivity contribution in [1.82, 2.24) is 19.9 Å². The van der Waals surface area contributed by atoms with Crippen LogP contribution in [0.1, 0.15) is 0 Å². The minimum Gasteiger partial charge on any atom is -0.332 e. The van der Waals surface area contributed by atoms with Crippen LogP contribution in [0, 0.1) is 15.9 Å². The quantitative estimate of drug-likeness (QED) is 0.624. The molecule has 0 amide bonds. The van der Waals surface area contributed by atoms with Gasteiger partial charge in [0.25, 0.3) is 0 Å². The van der Waals surface area contributed by atoms with Gasteiger partial charge in [-0.15, -0.1) is 0 Å². The Hall–Kier alpha value is -2.85. The summed E-state index contributed by atoms with van der Waals surface area (Å²) < 4.78 is 13.8. The fourth-order valence-electron chi connectivity index (χ4n) is 2.48. The first-order chi connectivity index (χ1) is 12.0. The number of aromatic nitrogens is 2. The van der Waals surface area contributed by atoms with E-state index in [-0.39, 0.29) is 23.0 Å². The number of rotatable bonds is 5. The largest absolute Gasteiger partial charge is 0.354 e. The summed E-state index contributed by atoms with van der Waals surface area (Å²) >= 11 is 0. The van der Waals surface area contributed by atoms with Crippen molar-refractivity contribution >= 4 is 23.0 Å². The summed E-state index contributed by atoms with van der Waals surface area (Å²) in [6.45, 7) is 3.08. The van der Waals surface area contributed by atoms with Crippen LogP contribution >= 0.6 is 0 Å². The second kappa shape index (κ2) is 7.36. The maximum Gasteiger partial charge on any atom is 0.354 e. The van der Waals surface area contributed by atoms with Crippen LogP contribution in [-0.2, 0) is 0 Å². The maximum absolute atomic E-state index is 13.8. The second-order valence-corrected chi connectivity index (χ2v) is 5.68. The van der Waals surface area contributed by atoms with Crippen LogP contribution in [0.2, 0.25) is 0 Å². The molecule has 2 N–H and O–H groups in total. The minimum absolute atomic E-state index is 0.0678. The molecule has 1 saturated heterocycles. The zero-order chi connectivity index (χ0) is 17.8. The molecule has 10 heteroatoms. The number of nitrogens with one attached hydrogen (secondary N) is 2. The Morgan fingerprint density at radius 2 is 1.84 bits per heavy atom. The number of anilines is 3. The van der Waals surface area contributed by atoms with Gasteiger partial charge in [-0.1, -0.05) is 12.1 Å². The van der Waals surface area contributed by atoms with Crippen LogP contribution in [0.25, 0.3) is 0 Å². The molecule has 1 aromatic carbocycles. The molecule has 0 aliphatic carbocycles. The molecule has 0 saturated carbocycles. The van der Waals surface area contributed by atoms with Gasteiger partial charge in [0, 0.05) is 26.2 Å². The van der Waals surface area contributed by atoms with Crippen LogP contribution in [-0.4, -0.2) is 58.0 Å². The van der Waals surface area contributed by atoms with E-state index in [1.54, 1.807) is 6.07 Å². The summed E-state index contributed by atoms with van der Waals surface area (Å²) in [7, 11) is 2.01. The Balaban J connectivity index is 1.87.